The zero-order chi connectivity index (χ0) is 24.7. The van der Waals surface area contributed by atoms with Crippen LogP contribution in [0.5, 0.6) is 0 Å². The summed E-state index contributed by atoms with van der Waals surface area (Å²) in [4.78, 5) is 36.7. The van der Waals surface area contributed by atoms with Crippen molar-refractivity contribution in [2.45, 2.75) is 64.5 Å². The summed E-state index contributed by atoms with van der Waals surface area (Å²) in [6.45, 7) is 6.01. The zero-order valence-electron chi connectivity index (χ0n) is 20.0. The number of nitrogens with one attached hydrogen (secondary N) is 2. The molecule has 2 aromatic rings. The number of aliphatic carboxylic acids is 1. The molecule has 0 aromatic heterocycles. The molecular weight excluding hydrogens is 432 g/mol. The molecule has 0 radical (unpaired) electrons. The predicted octanol–water partition coefficient (Wildman–Crippen LogP) is 4.70. The first-order chi connectivity index (χ1) is 16.3. The number of ether oxygens (including phenoxy) is 1. The standard InChI is InChI=1S/C27H34N2O5/c1-4-17(3)14-24(26(32)28-18(5-2)15-25(30)31)29-27(33)34-16-23-21-12-8-6-10-19(21)20-11-7-9-13-22(20)23/h6-13,17-18,23-24H,4-5,14-16H2,1-3H3,(H,28,32)(H,29,33)(H,30,31)/t17?,18-,24?/m1/s1. The van der Waals surface area contributed by atoms with E-state index in [9.17, 15) is 14.4 Å². The molecule has 0 spiro atoms. The average molecular weight is 467 g/mol. The second kappa shape index (κ2) is 11.7. The summed E-state index contributed by atoms with van der Waals surface area (Å²) in [6, 6.07) is 14.9. The summed E-state index contributed by atoms with van der Waals surface area (Å²) in [5, 5.41) is 14.5. The van der Waals surface area contributed by atoms with Gasteiger partial charge in [0.25, 0.3) is 0 Å². The number of carboxylic acid groups (broad SMARTS) is 1. The molecule has 0 aliphatic heterocycles. The first kappa shape index (κ1) is 25.3. The van der Waals surface area contributed by atoms with Crippen LogP contribution in [0, 0.1) is 5.92 Å². The number of hydrogen-bond donors (Lipinski definition) is 3. The molecule has 7 nitrogen and oxygen atoms in total. The van der Waals surface area contributed by atoms with E-state index in [1.54, 1.807) is 0 Å². The molecule has 34 heavy (non-hydrogen) atoms. The summed E-state index contributed by atoms with van der Waals surface area (Å²) in [6.07, 6.45) is 0.956. The van der Waals surface area contributed by atoms with Gasteiger partial charge in [-0.15, -0.1) is 0 Å². The largest absolute Gasteiger partial charge is 0.481 e. The molecule has 3 atom stereocenters. The van der Waals surface area contributed by atoms with E-state index >= 15 is 0 Å². The van der Waals surface area contributed by atoms with Gasteiger partial charge in [-0.05, 0) is 41.0 Å². The highest BCUT2D eigenvalue weighted by molar-refractivity contribution is 5.86. The van der Waals surface area contributed by atoms with E-state index in [1.165, 1.54) is 0 Å². The van der Waals surface area contributed by atoms with Crippen molar-refractivity contribution < 1.29 is 24.2 Å². The van der Waals surface area contributed by atoms with E-state index < -0.39 is 24.1 Å². The topological polar surface area (TPSA) is 105 Å². The van der Waals surface area contributed by atoms with E-state index in [-0.39, 0.29) is 30.8 Å². The van der Waals surface area contributed by atoms with Crippen molar-refractivity contribution in [1.82, 2.24) is 10.6 Å². The van der Waals surface area contributed by atoms with Crippen LogP contribution in [0.15, 0.2) is 48.5 Å². The zero-order valence-corrected chi connectivity index (χ0v) is 20.0. The summed E-state index contributed by atoms with van der Waals surface area (Å²) in [5.41, 5.74) is 4.52. The van der Waals surface area contributed by atoms with Gasteiger partial charge < -0.3 is 20.5 Å². The number of benzene rings is 2. The fourth-order valence-corrected chi connectivity index (χ4v) is 4.39. The van der Waals surface area contributed by atoms with Crippen LogP contribution in [-0.4, -0.2) is 41.8 Å². The number of alkyl carbamates (subject to hydrolysis) is 1. The number of amides is 2. The first-order valence-corrected chi connectivity index (χ1v) is 12.0. The van der Waals surface area contributed by atoms with Gasteiger partial charge in [0.05, 0.1) is 6.42 Å². The number of carbonyl (C=O) groups is 3. The van der Waals surface area contributed by atoms with Gasteiger partial charge in [0.1, 0.15) is 12.6 Å². The van der Waals surface area contributed by atoms with Crippen molar-refractivity contribution in [2.24, 2.45) is 5.92 Å². The Bertz CT molecular complexity index is 976. The minimum absolute atomic E-state index is 0.0694. The molecule has 0 fully saturated rings. The Hall–Kier alpha value is -3.35. The lowest BCUT2D eigenvalue weighted by Crippen LogP contribution is -2.50. The maximum atomic E-state index is 12.9. The van der Waals surface area contributed by atoms with Crippen molar-refractivity contribution in [3.05, 3.63) is 59.7 Å². The monoisotopic (exact) mass is 466 g/mol. The van der Waals surface area contributed by atoms with Crippen LogP contribution in [0.4, 0.5) is 4.79 Å². The van der Waals surface area contributed by atoms with E-state index in [4.69, 9.17) is 9.84 Å². The molecule has 2 amide bonds. The lowest BCUT2D eigenvalue weighted by atomic mass is 9.98. The Morgan fingerprint density at radius 2 is 1.53 bits per heavy atom. The third kappa shape index (κ3) is 6.16. The molecule has 2 unspecified atom stereocenters. The Labute approximate surface area is 200 Å². The lowest BCUT2D eigenvalue weighted by Gasteiger charge is -2.24. The molecule has 182 valence electrons. The third-order valence-corrected chi connectivity index (χ3v) is 6.55. The van der Waals surface area contributed by atoms with Crippen LogP contribution < -0.4 is 10.6 Å². The highest BCUT2D eigenvalue weighted by Crippen LogP contribution is 2.44. The second-order valence-electron chi connectivity index (χ2n) is 8.98. The number of fused-ring (bicyclic) bond motifs is 3. The molecule has 3 rings (SSSR count). The summed E-state index contributed by atoms with van der Waals surface area (Å²) >= 11 is 0. The molecular formula is C27H34N2O5. The molecule has 0 heterocycles. The second-order valence-corrected chi connectivity index (χ2v) is 8.98. The van der Waals surface area contributed by atoms with E-state index in [0.717, 1.165) is 28.7 Å². The van der Waals surface area contributed by atoms with Gasteiger partial charge in [0.15, 0.2) is 0 Å². The predicted molar refractivity (Wildman–Crippen MR) is 131 cm³/mol. The van der Waals surface area contributed by atoms with Crippen LogP contribution in [0.1, 0.15) is 63.5 Å². The quantitative estimate of drug-likeness (QED) is 0.445. The van der Waals surface area contributed by atoms with Gasteiger partial charge in [-0.3, -0.25) is 9.59 Å². The highest BCUT2D eigenvalue weighted by atomic mass is 16.5. The molecule has 0 saturated heterocycles. The number of hydrogen-bond acceptors (Lipinski definition) is 4. The SMILES string of the molecule is CCC(C)CC(NC(=O)OCC1c2ccccc2-c2ccccc21)C(=O)N[C@H](CC)CC(=O)O. The Balaban J connectivity index is 1.66. The van der Waals surface area contributed by atoms with Crippen LogP contribution in [0.3, 0.4) is 0 Å². The Kier molecular flexibility index (Phi) is 8.68. The average Bonchev–Trinajstić information content (AvgIpc) is 3.15. The smallest absolute Gasteiger partial charge is 0.407 e. The Morgan fingerprint density at radius 3 is 2.06 bits per heavy atom. The van der Waals surface area contributed by atoms with Crippen LogP contribution in [-0.2, 0) is 14.3 Å². The molecule has 1 aliphatic rings. The van der Waals surface area contributed by atoms with Gasteiger partial charge in [-0.1, -0.05) is 75.7 Å². The first-order valence-electron chi connectivity index (χ1n) is 12.0. The maximum Gasteiger partial charge on any atom is 0.407 e. The number of rotatable bonds is 11. The summed E-state index contributed by atoms with van der Waals surface area (Å²) in [7, 11) is 0. The van der Waals surface area contributed by atoms with Crippen molar-refractivity contribution in [1.29, 1.82) is 0 Å². The van der Waals surface area contributed by atoms with Crippen molar-refractivity contribution in [3.8, 4) is 11.1 Å². The van der Waals surface area contributed by atoms with Gasteiger partial charge in [-0.2, -0.15) is 0 Å². The van der Waals surface area contributed by atoms with Crippen LogP contribution in [0.25, 0.3) is 11.1 Å². The normalized spacial score (nSPS) is 14.9. The molecule has 0 bridgehead atoms. The van der Waals surface area contributed by atoms with E-state index in [1.807, 2.05) is 57.2 Å². The van der Waals surface area contributed by atoms with Crippen LogP contribution in [0.2, 0.25) is 0 Å². The van der Waals surface area contributed by atoms with Gasteiger partial charge in [-0.25, -0.2) is 4.79 Å². The fraction of sp³-hybridized carbons (Fsp3) is 0.444. The third-order valence-electron chi connectivity index (χ3n) is 6.55. The lowest BCUT2D eigenvalue weighted by molar-refractivity contribution is -0.137. The minimum atomic E-state index is -0.977. The summed E-state index contributed by atoms with van der Waals surface area (Å²) in [5.74, 6) is -1.23. The Morgan fingerprint density at radius 1 is 0.941 bits per heavy atom. The van der Waals surface area contributed by atoms with Crippen LogP contribution >= 0.6 is 0 Å². The van der Waals surface area contributed by atoms with Gasteiger partial charge >= 0.3 is 12.1 Å². The van der Waals surface area contributed by atoms with Gasteiger partial charge in [0, 0.05) is 12.0 Å². The fourth-order valence-electron chi connectivity index (χ4n) is 4.39. The van der Waals surface area contributed by atoms with Gasteiger partial charge in [0.2, 0.25) is 5.91 Å². The maximum absolute atomic E-state index is 12.9. The molecule has 1 aliphatic carbocycles. The number of carbonyl (C=O) groups excluding carboxylic acids is 2. The van der Waals surface area contributed by atoms with Crippen molar-refractivity contribution in [2.75, 3.05) is 6.61 Å². The van der Waals surface area contributed by atoms with Crippen molar-refractivity contribution in [3.63, 3.8) is 0 Å². The number of carboxylic acids is 1. The molecule has 3 N–H and O–H groups in total. The van der Waals surface area contributed by atoms with Crippen molar-refractivity contribution >= 4 is 18.0 Å². The van der Waals surface area contributed by atoms with E-state index in [2.05, 4.69) is 22.8 Å². The summed E-state index contributed by atoms with van der Waals surface area (Å²) < 4.78 is 5.61. The minimum Gasteiger partial charge on any atom is -0.481 e. The molecule has 7 heteroatoms. The molecule has 0 saturated carbocycles. The highest BCUT2D eigenvalue weighted by Gasteiger charge is 2.30. The molecule has 2 aromatic carbocycles. The van der Waals surface area contributed by atoms with E-state index in [0.29, 0.717) is 12.8 Å².